The summed E-state index contributed by atoms with van der Waals surface area (Å²) in [5.74, 6) is 0.906. The van der Waals surface area contributed by atoms with Gasteiger partial charge in [0.15, 0.2) is 0 Å². The van der Waals surface area contributed by atoms with Gasteiger partial charge in [-0.15, -0.1) is 0 Å². The van der Waals surface area contributed by atoms with Crippen molar-refractivity contribution in [2.45, 2.75) is 38.2 Å². The summed E-state index contributed by atoms with van der Waals surface area (Å²) in [6.45, 7) is 4.14. The molecule has 1 amide bonds. The van der Waals surface area contributed by atoms with Gasteiger partial charge in [0.25, 0.3) is 0 Å². The highest BCUT2D eigenvalue weighted by atomic mass is 16.5. The summed E-state index contributed by atoms with van der Waals surface area (Å²) in [6.07, 6.45) is 4.13. The van der Waals surface area contributed by atoms with Crippen LogP contribution >= 0.6 is 0 Å². The molecule has 1 saturated carbocycles. The Morgan fingerprint density at radius 2 is 2.00 bits per heavy atom. The van der Waals surface area contributed by atoms with Gasteiger partial charge >= 0.3 is 0 Å². The van der Waals surface area contributed by atoms with Gasteiger partial charge in [-0.25, -0.2) is 0 Å². The largest absolute Gasteiger partial charge is 0.381 e. The van der Waals surface area contributed by atoms with E-state index in [0.29, 0.717) is 25.7 Å². The Labute approximate surface area is 103 Å². The lowest BCUT2D eigenvalue weighted by Gasteiger charge is -2.30. The molecule has 0 spiro atoms. The van der Waals surface area contributed by atoms with Crippen LogP contribution in [0.15, 0.2) is 0 Å². The highest BCUT2D eigenvalue weighted by Gasteiger charge is 2.42. The van der Waals surface area contributed by atoms with Crippen LogP contribution in [0.4, 0.5) is 0 Å². The summed E-state index contributed by atoms with van der Waals surface area (Å²) >= 11 is 0. The number of carbonyl (C=O) groups excluding carboxylic acids is 1. The van der Waals surface area contributed by atoms with E-state index < -0.39 is 0 Å². The van der Waals surface area contributed by atoms with Crippen molar-refractivity contribution in [3.63, 3.8) is 0 Å². The lowest BCUT2D eigenvalue weighted by atomic mass is 9.97. The van der Waals surface area contributed by atoms with Gasteiger partial charge in [-0.2, -0.15) is 0 Å². The van der Waals surface area contributed by atoms with Gasteiger partial charge in [0.1, 0.15) is 0 Å². The number of hydrogen-bond donors (Lipinski definition) is 1. The molecule has 17 heavy (non-hydrogen) atoms. The standard InChI is InChI=1S/C13H23NO3/c1-13(16-2,11-3-4-11)9-14-12(15)10-5-7-17-8-6-10/h10-11H,3-9H2,1-2H3,(H,14,15)/t13-/m1/s1. The summed E-state index contributed by atoms with van der Waals surface area (Å²) in [5.41, 5.74) is -0.180. The number of methoxy groups -OCH3 is 1. The molecule has 0 bridgehead atoms. The van der Waals surface area contributed by atoms with Crippen molar-refractivity contribution in [2.75, 3.05) is 26.9 Å². The Hall–Kier alpha value is -0.610. The zero-order valence-electron chi connectivity index (χ0n) is 10.8. The summed E-state index contributed by atoms with van der Waals surface area (Å²) in [5, 5.41) is 3.05. The number of carbonyl (C=O) groups is 1. The lowest BCUT2D eigenvalue weighted by Crippen LogP contribution is -2.46. The maximum Gasteiger partial charge on any atom is 0.223 e. The molecule has 98 valence electrons. The fraction of sp³-hybridized carbons (Fsp3) is 0.923. The van der Waals surface area contributed by atoms with E-state index in [-0.39, 0.29) is 17.4 Å². The summed E-state index contributed by atoms with van der Waals surface area (Å²) < 4.78 is 10.8. The van der Waals surface area contributed by atoms with Gasteiger partial charge in [0.2, 0.25) is 5.91 Å². The Balaban J connectivity index is 1.78. The maximum absolute atomic E-state index is 12.0. The van der Waals surface area contributed by atoms with E-state index in [1.165, 1.54) is 12.8 Å². The first-order chi connectivity index (χ1) is 8.15. The third-order valence-corrected chi connectivity index (χ3v) is 4.11. The maximum atomic E-state index is 12.0. The predicted molar refractivity (Wildman–Crippen MR) is 64.7 cm³/mol. The molecule has 1 N–H and O–H groups in total. The molecule has 1 aliphatic carbocycles. The van der Waals surface area contributed by atoms with E-state index in [2.05, 4.69) is 12.2 Å². The van der Waals surface area contributed by atoms with E-state index in [1.54, 1.807) is 7.11 Å². The van der Waals surface area contributed by atoms with Gasteiger partial charge in [0.05, 0.1) is 5.60 Å². The van der Waals surface area contributed by atoms with E-state index >= 15 is 0 Å². The van der Waals surface area contributed by atoms with Gasteiger partial charge in [0, 0.05) is 32.8 Å². The van der Waals surface area contributed by atoms with Crippen LogP contribution in [0.2, 0.25) is 0 Å². The van der Waals surface area contributed by atoms with Gasteiger partial charge in [-0.3, -0.25) is 4.79 Å². The molecular weight excluding hydrogens is 218 g/mol. The van der Waals surface area contributed by atoms with Gasteiger partial charge in [-0.1, -0.05) is 0 Å². The molecule has 4 heteroatoms. The van der Waals surface area contributed by atoms with Crippen LogP contribution < -0.4 is 5.32 Å². The zero-order valence-corrected chi connectivity index (χ0v) is 10.8. The minimum absolute atomic E-state index is 0.129. The van der Waals surface area contributed by atoms with Crippen molar-refractivity contribution < 1.29 is 14.3 Å². The molecule has 0 aromatic heterocycles. The van der Waals surface area contributed by atoms with Crippen LogP contribution in [-0.2, 0) is 14.3 Å². The number of hydrogen-bond acceptors (Lipinski definition) is 3. The molecular formula is C13H23NO3. The van der Waals surface area contributed by atoms with Crippen molar-refractivity contribution in [1.29, 1.82) is 0 Å². The minimum Gasteiger partial charge on any atom is -0.381 e. The predicted octanol–water partition coefficient (Wildman–Crippen LogP) is 1.34. The van der Waals surface area contributed by atoms with Crippen LogP contribution in [-0.4, -0.2) is 38.4 Å². The average Bonchev–Trinajstić information content (AvgIpc) is 3.21. The molecule has 2 fully saturated rings. The second-order valence-corrected chi connectivity index (χ2v) is 5.40. The molecule has 2 aliphatic rings. The zero-order chi connectivity index (χ0) is 12.3. The van der Waals surface area contributed by atoms with E-state index in [4.69, 9.17) is 9.47 Å². The fourth-order valence-corrected chi connectivity index (χ4v) is 2.44. The Morgan fingerprint density at radius 1 is 1.35 bits per heavy atom. The van der Waals surface area contributed by atoms with Crippen LogP contribution in [0.1, 0.15) is 32.6 Å². The first-order valence-corrected chi connectivity index (χ1v) is 6.56. The van der Waals surface area contributed by atoms with Gasteiger partial charge < -0.3 is 14.8 Å². The summed E-state index contributed by atoms with van der Waals surface area (Å²) in [4.78, 5) is 12.0. The Bertz CT molecular complexity index is 272. The molecule has 0 aromatic rings. The summed E-state index contributed by atoms with van der Waals surface area (Å²) in [6, 6.07) is 0. The normalized spacial score (nSPS) is 25.3. The third kappa shape index (κ3) is 3.19. The Kier molecular flexibility index (Phi) is 4.05. The van der Waals surface area contributed by atoms with Crippen molar-refractivity contribution in [3.05, 3.63) is 0 Å². The lowest BCUT2D eigenvalue weighted by molar-refractivity contribution is -0.129. The van der Waals surface area contributed by atoms with Crippen LogP contribution in [0.3, 0.4) is 0 Å². The van der Waals surface area contributed by atoms with E-state index in [1.807, 2.05) is 0 Å². The number of nitrogens with one attached hydrogen (secondary N) is 1. The smallest absolute Gasteiger partial charge is 0.223 e. The number of ether oxygens (including phenoxy) is 2. The third-order valence-electron chi connectivity index (χ3n) is 4.11. The molecule has 0 aromatic carbocycles. The first kappa shape index (κ1) is 12.8. The Morgan fingerprint density at radius 3 is 2.53 bits per heavy atom. The second kappa shape index (κ2) is 5.36. The SMILES string of the molecule is CO[C@](C)(CNC(=O)C1CCOCC1)C1CC1. The van der Waals surface area contributed by atoms with Crippen molar-refractivity contribution in [1.82, 2.24) is 5.32 Å². The van der Waals surface area contributed by atoms with Crippen molar-refractivity contribution in [3.8, 4) is 0 Å². The van der Waals surface area contributed by atoms with E-state index in [9.17, 15) is 4.79 Å². The van der Waals surface area contributed by atoms with Crippen LogP contribution in [0, 0.1) is 11.8 Å². The monoisotopic (exact) mass is 241 g/mol. The molecule has 1 heterocycles. The quantitative estimate of drug-likeness (QED) is 0.790. The topological polar surface area (TPSA) is 47.6 Å². The molecule has 1 atom stereocenters. The number of amides is 1. The van der Waals surface area contributed by atoms with Crippen molar-refractivity contribution in [2.24, 2.45) is 11.8 Å². The van der Waals surface area contributed by atoms with E-state index in [0.717, 1.165) is 12.8 Å². The summed E-state index contributed by atoms with van der Waals surface area (Å²) in [7, 11) is 1.74. The molecule has 0 unspecified atom stereocenters. The molecule has 1 aliphatic heterocycles. The van der Waals surface area contributed by atoms with Crippen LogP contribution in [0.25, 0.3) is 0 Å². The highest BCUT2D eigenvalue weighted by Crippen LogP contribution is 2.41. The minimum atomic E-state index is -0.180. The molecule has 1 saturated heterocycles. The molecule has 2 rings (SSSR count). The molecule has 4 nitrogen and oxygen atoms in total. The van der Waals surface area contributed by atoms with Gasteiger partial charge in [-0.05, 0) is 38.5 Å². The van der Waals surface area contributed by atoms with Crippen LogP contribution in [0.5, 0.6) is 0 Å². The van der Waals surface area contributed by atoms with Crippen molar-refractivity contribution >= 4 is 5.91 Å². The second-order valence-electron chi connectivity index (χ2n) is 5.40. The highest BCUT2D eigenvalue weighted by molar-refractivity contribution is 5.78. The number of rotatable bonds is 5. The fourth-order valence-electron chi connectivity index (χ4n) is 2.44. The first-order valence-electron chi connectivity index (χ1n) is 6.56. The molecule has 0 radical (unpaired) electrons. The average molecular weight is 241 g/mol.